The van der Waals surface area contributed by atoms with Crippen LogP contribution in [0.1, 0.15) is 18.0 Å². The summed E-state index contributed by atoms with van der Waals surface area (Å²) in [6.07, 6.45) is -0.940. The van der Waals surface area contributed by atoms with Gasteiger partial charge in [0.05, 0.1) is 6.04 Å². The van der Waals surface area contributed by atoms with Crippen molar-refractivity contribution in [3.05, 3.63) is 35.6 Å². The fourth-order valence-corrected chi connectivity index (χ4v) is 2.00. The molecule has 2 N–H and O–H groups in total. The molecular weight excluding hydrogens is 239 g/mol. The molecular formula is C12H13FN2O3. The average molecular weight is 252 g/mol. The van der Waals surface area contributed by atoms with Gasteiger partial charge in [-0.3, -0.25) is 9.69 Å². The third-order valence-corrected chi connectivity index (χ3v) is 2.95. The number of carbonyl (C=O) groups is 2. The summed E-state index contributed by atoms with van der Waals surface area (Å²) in [6, 6.07) is 5.15. The molecule has 0 bridgehead atoms. The molecule has 1 aromatic rings. The molecule has 96 valence electrons. The molecule has 0 aromatic heterocycles. The second-order valence-electron chi connectivity index (χ2n) is 4.10. The van der Waals surface area contributed by atoms with Gasteiger partial charge in [-0.05, 0) is 17.7 Å². The van der Waals surface area contributed by atoms with Crippen LogP contribution in [0.4, 0.5) is 9.18 Å². The minimum absolute atomic E-state index is 0.142. The third kappa shape index (κ3) is 2.58. The summed E-state index contributed by atoms with van der Waals surface area (Å²) in [5, 5.41) is 11.8. The lowest BCUT2D eigenvalue weighted by molar-refractivity contribution is -0.120. The van der Waals surface area contributed by atoms with Gasteiger partial charge in [0.2, 0.25) is 5.91 Å². The van der Waals surface area contributed by atoms with Crippen LogP contribution in [-0.2, 0) is 4.79 Å². The molecule has 1 aliphatic rings. The first-order chi connectivity index (χ1) is 8.58. The van der Waals surface area contributed by atoms with Crippen molar-refractivity contribution < 1.29 is 19.1 Å². The van der Waals surface area contributed by atoms with Gasteiger partial charge in [0.1, 0.15) is 5.82 Å². The maximum Gasteiger partial charge on any atom is 0.407 e. The number of amides is 2. The van der Waals surface area contributed by atoms with Crippen LogP contribution < -0.4 is 5.32 Å². The van der Waals surface area contributed by atoms with E-state index < -0.39 is 12.1 Å². The third-order valence-electron chi connectivity index (χ3n) is 2.95. The fourth-order valence-electron chi connectivity index (χ4n) is 2.00. The van der Waals surface area contributed by atoms with E-state index in [4.69, 9.17) is 5.11 Å². The van der Waals surface area contributed by atoms with Crippen LogP contribution in [0, 0.1) is 5.82 Å². The zero-order valence-corrected chi connectivity index (χ0v) is 9.60. The van der Waals surface area contributed by atoms with Crippen LogP contribution in [0.5, 0.6) is 0 Å². The molecule has 18 heavy (non-hydrogen) atoms. The number of rotatable bonds is 1. The Labute approximate surface area is 103 Å². The Morgan fingerprint density at radius 2 is 2.06 bits per heavy atom. The quantitative estimate of drug-likeness (QED) is 0.793. The van der Waals surface area contributed by atoms with E-state index in [1.807, 2.05) is 0 Å². The van der Waals surface area contributed by atoms with Crippen molar-refractivity contribution in [1.29, 1.82) is 0 Å². The largest absolute Gasteiger partial charge is 0.465 e. The van der Waals surface area contributed by atoms with Crippen LogP contribution in [-0.4, -0.2) is 35.1 Å². The molecule has 2 amide bonds. The molecule has 1 aliphatic heterocycles. The zero-order chi connectivity index (χ0) is 13.1. The summed E-state index contributed by atoms with van der Waals surface area (Å²) in [5.74, 6) is -0.552. The highest BCUT2D eigenvalue weighted by Gasteiger charge is 2.28. The average Bonchev–Trinajstić information content (AvgIpc) is 2.52. The lowest BCUT2D eigenvalue weighted by Crippen LogP contribution is -2.36. The van der Waals surface area contributed by atoms with Crippen molar-refractivity contribution in [2.75, 3.05) is 13.1 Å². The van der Waals surface area contributed by atoms with Gasteiger partial charge < -0.3 is 10.4 Å². The molecule has 0 spiro atoms. The second kappa shape index (κ2) is 5.03. The minimum Gasteiger partial charge on any atom is -0.465 e. The molecule has 0 aliphatic carbocycles. The topological polar surface area (TPSA) is 69.6 Å². The van der Waals surface area contributed by atoms with E-state index in [0.717, 1.165) is 0 Å². The van der Waals surface area contributed by atoms with Gasteiger partial charge in [0, 0.05) is 19.5 Å². The highest BCUT2D eigenvalue weighted by Crippen LogP contribution is 2.22. The van der Waals surface area contributed by atoms with Crippen molar-refractivity contribution in [2.24, 2.45) is 0 Å². The van der Waals surface area contributed by atoms with Gasteiger partial charge in [0.25, 0.3) is 0 Å². The number of halogens is 1. The number of nitrogens with zero attached hydrogens (tertiary/aromatic N) is 1. The molecule has 0 unspecified atom stereocenters. The summed E-state index contributed by atoms with van der Waals surface area (Å²) in [4.78, 5) is 23.7. The van der Waals surface area contributed by atoms with E-state index in [2.05, 4.69) is 5.32 Å². The number of benzene rings is 1. The Hall–Kier alpha value is -2.11. The first-order valence-corrected chi connectivity index (χ1v) is 5.59. The van der Waals surface area contributed by atoms with E-state index in [1.54, 1.807) is 0 Å². The zero-order valence-electron chi connectivity index (χ0n) is 9.60. The maximum atomic E-state index is 12.9. The number of hydrogen-bond acceptors (Lipinski definition) is 2. The van der Waals surface area contributed by atoms with Crippen molar-refractivity contribution in [2.45, 2.75) is 12.5 Å². The van der Waals surface area contributed by atoms with Crippen molar-refractivity contribution in [1.82, 2.24) is 10.2 Å². The minimum atomic E-state index is -1.08. The highest BCUT2D eigenvalue weighted by molar-refractivity contribution is 5.77. The number of carbonyl (C=O) groups excluding carboxylic acids is 1. The fraction of sp³-hybridized carbons (Fsp3) is 0.333. The Balaban J connectivity index is 2.28. The maximum absolute atomic E-state index is 12.9. The van der Waals surface area contributed by atoms with Crippen LogP contribution in [0.25, 0.3) is 0 Å². The lowest BCUT2D eigenvalue weighted by Gasteiger charge is -2.27. The van der Waals surface area contributed by atoms with E-state index in [9.17, 15) is 14.0 Å². The van der Waals surface area contributed by atoms with Crippen LogP contribution in [0.3, 0.4) is 0 Å². The van der Waals surface area contributed by atoms with Gasteiger partial charge >= 0.3 is 6.09 Å². The number of carboxylic acid groups (broad SMARTS) is 1. The summed E-state index contributed by atoms with van der Waals surface area (Å²) >= 11 is 0. The summed E-state index contributed by atoms with van der Waals surface area (Å²) in [6.45, 7) is 0.347. The molecule has 1 saturated heterocycles. The molecule has 1 heterocycles. The monoisotopic (exact) mass is 252 g/mol. The van der Waals surface area contributed by atoms with Gasteiger partial charge in [0.15, 0.2) is 0 Å². The SMILES string of the molecule is O=C1CCN(C(=O)O)[C@@H](c2ccc(F)cc2)CN1. The Morgan fingerprint density at radius 3 is 2.67 bits per heavy atom. The smallest absolute Gasteiger partial charge is 0.407 e. The molecule has 2 rings (SSSR count). The Morgan fingerprint density at radius 1 is 1.39 bits per heavy atom. The molecule has 0 radical (unpaired) electrons. The van der Waals surface area contributed by atoms with Gasteiger partial charge in [-0.2, -0.15) is 0 Å². The molecule has 1 fully saturated rings. The predicted molar refractivity (Wildman–Crippen MR) is 61.5 cm³/mol. The Bertz CT molecular complexity index is 461. The van der Waals surface area contributed by atoms with Crippen LogP contribution in [0.15, 0.2) is 24.3 Å². The normalized spacial score (nSPS) is 20.2. The molecule has 1 aromatic carbocycles. The molecule has 5 nitrogen and oxygen atoms in total. The lowest BCUT2D eigenvalue weighted by atomic mass is 10.1. The number of hydrogen-bond donors (Lipinski definition) is 2. The molecule has 0 saturated carbocycles. The summed E-state index contributed by atoms with van der Waals surface area (Å²) in [7, 11) is 0. The van der Waals surface area contributed by atoms with E-state index in [-0.39, 0.29) is 31.2 Å². The first-order valence-electron chi connectivity index (χ1n) is 5.59. The van der Waals surface area contributed by atoms with Crippen molar-refractivity contribution in [3.8, 4) is 0 Å². The van der Waals surface area contributed by atoms with Crippen LogP contribution >= 0.6 is 0 Å². The van der Waals surface area contributed by atoms with Crippen molar-refractivity contribution in [3.63, 3.8) is 0 Å². The Kier molecular flexibility index (Phi) is 3.45. The molecule has 1 atom stereocenters. The van der Waals surface area contributed by atoms with Crippen molar-refractivity contribution >= 4 is 12.0 Å². The van der Waals surface area contributed by atoms with Gasteiger partial charge in [-0.25, -0.2) is 9.18 Å². The van der Waals surface area contributed by atoms with Gasteiger partial charge in [-0.15, -0.1) is 0 Å². The summed E-state index contributed by atoms with van der Waals surface area (Å²) in [5.41, 5.74) is 0.668. The predicted octanol–water partition coefficient (Wildman–Crippen LogP) is 1.37. The van der Waals surface area contributed by atoms with E-state index in [1.165, 1.54) is 29.2 Å². The molecule has 6 heteroatoms. The highest BCUT2D eigenvalue weighted by atomic mass is 19.1. The van der Waals surface area contributed by atoms with Crippen LogP contribution in [0.2, 0.25) is 0 Å². The first kappa shape index (κ1) is 12.3. The van der Waals surface area contributed by atoms with E-state index >= 15 is 0 Å². The summed E-state index contributed by atoms with van der Waals surface area (Å²) < 4.78 is 12.9. The number of nitrogens with one attached hydrogen (secondary N) is 1. The standard InChI is InChI=1S/C12H13FN2O3/c13-9-3-1-8(2-4-9)10-7-14-11(16)5-6-15(10)12(17)18/h1-4,10H,5-7H2,(H,14,16)(H,17,18)/t10-/m1/s1. The second-order valence-corrected chi connectivity index (χ2v) is 4.10. The van der Waals surface area contributed by atoms with E-state index in [0.29, 0.717) is 5.56 Å². The van der Waals surface area contributed by atoms with Gasteiger partial charge in [-0.1, -0.05) is 12.1 Å².